The monoisotopic (exact) mass is 316 g/mol. The van der Waals surface area contributed by atoms with Crippen LogP contribution in [0.15, 0.2) is 12.1 Å². The van der Waals surface area contributed by atoms with Gasteiger partial charge in [-0.1, -0.05) is 6.92 Å². The molecule has 0 N–H and O–H groups in total. The van der Waals surface area contributed by atoms with Gasteiger partial charge in [-0.2, -0.15) is 4.39 Å². The minimum absolute atomic E-state index is 0.0190. The van der Waals surface area contributed by atoms with Crippen molar-refractivity contribution in [2.45, 2.75) is 25.8 Å². The first-order valence-corrected chi connectivity index (χ1v) is 6.65. The molecule has 6 nitrogen and oxygen atoms in total. The highest BCUT2D eigenvalue weighted by atomic mass is 35.5. The van der Waals surface area contributed by atoms with Crippen molar-refractivity contribution in [3.05, 3.63) is 39.7 Å². The van der Waals surface area contributed by atoms with Crippen molar-refractivity contribution < 1.29 is 13.7 Å². The average Bonchev–Trinajstić information content (AvgIpc) is 2.82. The van der Waals surface area contributed by atoms with E-state index in [0.717, 1.165) is 12.1 Å². The van der Waals surface area contributed by atoms with Gasteiger partial charge in [0.15, 0.2) is 5.82 Å². The third kappa shape index (κ3) is 2.71. The summed E-state index contributed by atoms with van der Waals surface area (Å²) in [6, 6.07) is 1.61. The summed E-state index contributed by atoms with van der Waals surface area (Å²) in [6.45, 7) is 2.26. The first-order valence-electron chi connectivity index (χ1n) is 6.12. The van der Waals surface area contributed by atoms with E-state index in [-0.39, 0.29) is 11.7 Å². The Bertz CT molecular complexity index is 690. The highest BCUT2D eigenvalue weighted by molar-refractivity contribution is 6.16. The number of halogens is 3. The first kappa shape index (κ1) is 15.3. The molecule has 112 valence electrons. The van der Waals surface area contributed by atoms with E-state index in [1.807, 2.05) is 6.92 Å². The van der Waals surface area contributed by atoms with Gasteiger partial charge >= 0.3 is 5.69 Å². The summed E-state index contributed by atoms with van der Waals surface area (Å²) in [5.41, 5.74) is -1.38. The third-order valence-corrected chi connectivity index (χ3v) is 3.12. The second-order valence-electron chi connectivity index (χ2n) is 4.24. The fourth-order valence-electron chi connectivity index (χ4n) is 1.97. The second-order valence-corrected chi connectivity index (χ2v) is 4.50. The van der Waals surface area contributed by atoms with Gasteiger partial charge in [0.2, 0.25) is 5.82 Å². The van der Waals surface area contributed by atoms with Gasteiger partial charge in [-0.05, 0) is 12.5 Å². The Balaban J connectivity index is 2.69. The number of aromatic nitrogens is 3. The topological polar surface area (TPSA) is 73.8 Å². The number of benzene rings is 1. The van der Waals surface area contributed by atoms with Crippen LogP contribution in [0, 0.1) is 21.7 Å². The van der Waals surface area contributed by atoms with Gasteiger partial charge in [0.1, 0.15) is 11.6 Å². The molecule has 0 radical (unpaired) electrons. The smallest absolute Gasteiger partial charge is 0.305 e. The summed E-state index contributed by atoms with van der Waals surface area (Å²) in [4.78, 5) is 9.85. The lowest BCUT2D eigenvalue weighted by molar-refractivity contribution is -0.387. The predicted molar refractivity (Wildman–Crippen MR) is 71.9 cm³/mol. The van der Waals surface area contributed by atoms with E-state index in [2.05, 4.69) is 10.2 Å². The minimum atomic E-state index is -1.27. The molecule has 1 aromatic heterocycles. The molecule has 0 bridgehead atoms. The summed E-state index contributed by atoms with van der Waals surface area (Å²) in [6.07, 6.45) is 0.660. The van der Waals surface area contributed by atoms with E-state index in [1.165, 1.54) is 4.57 Å². The first-order chi connectivity index (χ1) is 10.0. The van der Waals surface area contributed by atoms with E-state index in [4.69, 9.17) is 11.6 Å². The lowest BCUT2D eigenvalue weighted by atomic mass is 10.1. The Kier molecular flexibility index (Phi) is 4.46. The van der Waals surface area contributed by atoms with Crippen LogP contribution in [-0.4, -0.2) is 19.7 Å². The lowest BCUT2D eigenvalue weighted by Gasteiger charge is -2.09. The fourth-order valence-corrected chi connectivity index (χ4v) is 2.16. The third-order valence-electron chi connectivity index (χ3n) is 2.89. The molecule has 9 heteroatoms. The molecule has 2 aromatic rings. The maximum Gasteiger partial charge on any atom is 0.305 e. The molecule has 0 atom stereocenters. The summed E-state index contributed by atoms with van der Waals surface area (Å²) in [7, 11) is 0. The van der Waals surface area contributed by atoms with E-state index >= 15 is 0 Å². The van der Waals surface area contributed by atoms with Crippen LogP contribution < -0.4 is 0 Å². The molecule has 0 saturated heterocycles. The number of hydrogen-bond donors (Lipinski definition) is 0. The standard InChI is InChI=1S/C12H11ClF2N4O2/c1-2-5-18-9(6-13)16-17-12(18)10-7(14)3-4-8(11(10)15)19(20)21/h3-4H,2,5-6H2,1H3. The van der Waals surface area contributed by atoms with E-state index in [0.29, 0.717) is 18.8 Å². The van der Waals surface area contributed by atoms with Gasteiger partial charge in [-0.15, -0.1) is 21.8 Å². The van der Waals surface area contributed by atoms with Crippen LogP contribution in [0.2, 0.25) is 0 Å². The number of alkyl halides is 1. The predicted octanol–water partition coefficient (Wildman–Crippen LogP) is 3.28. The van der Waals surface area contributed by atoms with Crippen LogP contribution in [0.3, 0.4) is 0 Å². The normalized spacial score (nSPS) is 10.9. The van der Waals surface area contributed by atoms with Crippen molar-refractivity contribution in [2.75, 3.05) is 0 Å². The molecule has 0 amide bonds. The minimum Gasteiger partial charge on any atom is -0.310 e. The van der Waals surface area contributed by atoms with Gasteiger partial charge in [0.05, 0.1) is 16.4 Å². The van der Waals surface area contributed by atoms with Crippen molar-refractivity contribution in [2.24, 2.45) is 0 Å². The van der Waals surface area contributed by atoms with Crippen LogP contribution in [0.25, 0.3) is 11.4 Å². The van der Waals surface area contributed by atoms with E-state index in [1.54, 1.807) is 0 Å². The van der Waals surface area contributed by atoms with Crippen LogP contribution >= 0.6 is 11.6 Å². The molecule has 0 aliphatic heterocycles. The number of hydrogen-bond acceptors (Lipinski definition) is 4. The van der Waals surface area contributed by atoms with Crippen LogP contribution in [-0.2, 0) is 12.4 Å². The Morgan fingerprint density at radius 2 is 2.10 bits per heavy atom. The molecule has 0 unspecified atom stereocenters. The largest absolute Gasteiger partial charge is 0.310 e. The van der Waals surface area contributed by atoms with Crippen molar-refractivity contribution in [1.82, 2.24) is 14.8 Å². The van der Waals surface area contributed by atoms with E-state index < -0.39 is 27.8 Å². The number of nitro benzene ring substituents is 1. The van der Waals surface area contributed by atoms with Gasteiger partial charge in [0.25, 0.3) is 0 Å². The molecule has 21 heavy (non-hydrogen) atoms. The summed E-state index contributed by atoms with van der Waals surface area (Å²) >= 11 is 5.71. The molecule has 1 aromatic carbocycles. The maximum atomic E-state index is 14.2. The van der Waals surface area contributed by atoms with Crippen molar-refractivity contribution in [1.29, 1.82) is 0 Å². The van der Waals surface area contributed by atoms with Crippen LogP contribution in [0.4, 0.5) is 14.5 Å². The molecule has 0 aliphatic rings. The van der Waals surface area contributed by atoms with E-state index in [9.17, 15) is 18.9 Å². The molecule has 0 aliphatic carbocycles. The van der Waals surface area contributed by atoms with Crippen LogP contribution in [0.5, 0.6) is 0 Å². The second kappa shape index (κ2) is 6.13. The number of nitro groups is 1. The summed E-state index contributed by atoms with van der Waals surface area (Å²) < 4.78 is 29.6. The van der Waals surface area contributed by atoms with Crippen molar-refractivity contribution in [3.63, 3.8) is 0 Å². The zero-order valence-electron chi connectivity index (χ0n) is 11.0. The highest BCUT2D eigenvalue weighted by Crippen LogP contribution is 2.31. The van der Waals surface area contributed by atoms with Crippen LogP contribution in [0.1, 0.15) is 19.2 Å². The molecular formula is C12H11ClF2N4O2. The fraction of sp³-hybridized carbons (Fsp3) is 0.333. The molecule has 1 heterocycles. The lowest BCUT2D eigenvalue weighted by Crippen LogP contribution is -2.07. The summed E-state index contributed by atoms with van der Waals surface area (Å²) in [5.74, 6) is -1.95. The van der Waals surface area contributed by atoms with Crippen molar-refractivity contribution in [3.8, 4) is 11.4 Å². The number of nitrogens with zero attached hydrogens (tertiary/aromatic N) is 4. The van der Waals surface area contributed by atoms with Gasteiger partial charge in [-0.25, -0.2) is 4.39 Å². The maximum absolute atomic E-state index is 14.2. The SMILES string of the molecule is CCCn1c(CCl)nnc1-c1c(F)ccc([N+](=O)[O-])c1F. The summed E-state index contributed by atoms with van der Waals surface area (Å²) in [5, 5.41) is 18.3. The molecule has 0 spiro atoms. The quantitative estimate of drug-likeness (QED) is 0.482. The number of rotatable bonds is 5. The van der Waals surface area contributed by atoms with Crippen molar-refractivity contribution >= 4 is 17.3 Å². The molecule has 2 rings (SSSR count). The van der Waals surface area contributed by atoms with Gasteiger partial charge in [0, 0.05) is 12.6 Å². The molecule has 0 fully saturated rings. The average molecular weight is 317 g/mol. The Morgan fingerprint density at radius 1 is 1.38 bits per heavy atom. The Hall–Kier alpha value is -2.09. The highest BCUT2D eigenvalue weighted by Gasteiger charge is 2.26. The Morgan fingerprint density at radius 3 is 2.67 bits per heavy atom. The van der Waals surface area contributed by atoms with Gasteiger partial charge in [-0.3, -0.25) is 10.1 Å². The zero-order valence-corrected chi connectivity index (χ0v) is 11.8. The Labute approximate surface area is 123 Å². The van der Waals surface area contributed by atoms with Gasteiger partial charge < -0.3 is 4.57 Å². The zero-order chi connectivity index (χ0) is 15.6. The molecule has 0 saturated carbocycles. The molecular weight excluding hydrogens is 306 g/mol.